The van der Waals surface area contributed by atoms with Crippen molar-refractivity contribution in [2.24, 2.45) is 28.6 Å². The number of hydrogen-bond donors (Lipinski definition) is 1. The van der Waals surface area contributed by atoms with Gasteiger partial charge in [0.25, 0.3) is 0 Å². The van der Waals surface area contributed by atoms with E-state index in [-0.39, 0.29) is 5.41 Å². The molecule has 0 aromatic rings. The van der Waals surface area contributed by atoms with Crippen LogP contribution in [0.2, 0.25) is 0 Å². The van der Waals surface area contributed by atoms with Crippen molar-refractivity contribution in [1.82, 2.24) is 0 Å². The average molecular weight is 419 g/mol. The van der Waals surface area contributed by atoms with Gasteiger partial charge in [-0.3, -0.25) is 0 Å². The topological polar surface area (TPSA) is 55.8 Å². The largest absolute Gasteiger partial charge is 0.501 e. The van der Waals surface area contributed by atoms with Crippen LogP contribution < -0.4 is 0 Å². The van der Waals surface area contributed by atoms with Gasteiger partial charge in [0.2, 0.25) is 0 Å². The SMILES string of the molecule is CCCC1(CCCCCCOC=C(CC23CC4CC(CC(C4)C2)C3)C(=O)O)COC1. The van der Waals surface area contributed by atoms with Crippen LogP contribution in [0.1, 0.15) is 96.8 Å². The average Bonchev–Trinajstić information content (AvgIpc) is 2.65. The molecule has 0 amide bonds. The first-order valence-corrected chi connectivity index (χ1v) is 12.6. The fraction of sp³-hybridized carbons (Fsp3) is 0.885. The number of carbonyl (C=O) groups is 1. The van der Waals surface area contributed by atoms with E-state index in [9.17, 15) is 9.90 Å². The third kappa shape index (κ3) is 5.23. The van der Waals surface area contributed by atoms with E-state index in [4.69, 9.17) is 9.47 Å². The van der Waals surface area contributed by atoms with Gasteiger partial charge in [0.1, 0.15) is 0 Å². The molecule has 0 unspecified atom stereocenters. The van der Waals surface area contributed by atoms with Crippen molar-refractivity contribution in [3.8, 4) is 0 Å². The third-order valence-electron chi connectivity index (χ3n) is 8.55. The van der Waals surface area contributed by atoms with Crippen LogP contribution in [0.3, 0.4) is 0 Å². The summed E-state index contributed by atoms with van der Waals surface area (Å²) in [5.74, 6) is 1.79. The number of rotatable bonds is 13. The van der Waals surface area contributed by atoms with Gasteiger partial charge in [0, 0.05) is 5.41 Å². The second-order valence-electron chi connectivity index (χ2n) is 11.3. The molecule has 0 aromatic heterocycles. The molecule has 0 atom stereocenters. The monoisotopic (exact) mass is 418 g/mol. The minimum absolute atomic E-state index is 0.252. The standard InChI is InChI=1S/C26H42O4/c1-2-7-25(18-30-19-25)8-5-3-4-6-9-29-17-23(24(27)28)16-26-13-20-10-21(14-26)12-22(11-20)15-26/h17,20-22H,2-16,18-19H2,1H3,(H,27,28). The minimum Gasteiger partial charge on any atom is -0.501 e. The zero-order valence-electron chi connectivity index (χ0n) is 19.0. The molecule has 1 heterocycles. The van der Waals surface area contributed by atoms with Crippen molar-refractivity contribution in [3.05, 3.63) is 11.8 Å². The second-order valence-corrected chi connectivity index (χ2v) is 11.3. The maximum absolute atomic E-state index is 11.9. The first-order chi connectivity index (χ1) is 14.5. The highest BCUT2D eigenvalue weighted by Crippen LogP contribution is 2.62. The van der Waals surface area contributed by atoms with Crippen molar-refractivity contribution in [2.45, 2.75) is 96.8 Å². The van der Waals surface area contributed by atoms with E-state index >= 15 is 0 Å². The molecule has 4 bridgehead atoms. The predicted molar refractivity (Wildman–Crippen MR) is 118 cm³/mol. The minimum atomic E-state index is -0.783. The number of aliphatic carboxylic acids is 1. The van der Waals surface area contributed by atoms with Crippen molar-refractivity contribution in [2.75, 3.05) is 19.8 Å². The lowest BCUT2D eigenvalue weighted by Crippen LogP contribution is -2.46. The summed E-state index contributed by atoms with van der Waals surface area (Å²) in [5.41, 5.74) is 1.23. The summed E-state index contributed by atoms with van der Waals surface area (Å²) in [6.07, 6.45) is 18.7. The van der Waals surface area contributed by atoms with Gasteiger partial charge in [0.05, 0.1) is 31.7 Å². The van der Waals surface area contributed by atoms with E-state index < -0.39 is 5.97 Å². The van der Waals surface area contributed by atoms with Gasteiger partial charge in [-0.1, -0.05) is 32.6 Å². The lowest BCUT2D eigenvalue weighted by atomic mass is 9.48. The summed E-state index contributed by atoms with van der Waals surface area (Å²) >= 11 is 0. The molecule has 0 aromatic carbocycles. The Hall–Kier alpha value is -1.03. The molecular weight excluding hydrogens is 376 g/mol. The quantitative estimate of drug-likeness (QED) is 0.215. The molecule has 170 valence electrons. The van der Waals surface area contributed by atoms with Gasteiger partial charge in [-0.2, -0.15) is 0 Å². The molecule has 5 fully saturated rings. The van der Waals surface area contributed by atoms with Crippen LogP contribution in [-0.4, -0.2) is 30.9 Å². The number of carboxylic acids is 1. The second kappa shape index (κ2) is 9.63. The van der Waals surface area contributed by atoms with E-state index in [2.05, 4.69) is 6.92 Å². The summed E-state index contributed by atoms with van der Waals surface area (Å²) in [7, 11) is 0. The first-order valence-electron chi connectivity index (χ1n) is 12.6. The maximum Gasteiger partial charge on any atom is 0.334 e. The van der Waals surface area contributed by atoms with E-state index in [0.717, 1.165) is 43.8 Å². The zero-order chi connectivity index (χ0) is 21.0. The van der Waals surface area contributed by atoms with E-state index in [0.29, 0.717) is 24.0 Å². The zero-order valence-corrected chi connectivity index (χ0v) is 19.0. The fourth-order valence-corrected chi connectivity index (χ4v) is 7.61. The van der Waals surface area contributed by atoms with Crippen LogP contribution in [0.15, 0.2) is 11.8 Å². The Morgan fingerprint density at radius 1 is 1.00 bits per heavy atom. The molecule has 0 spiro atoms. The van der Waals surface area contributed by atoms with Crippen molar-refractivity contribution >= 4 is 5.97 Å². The lowest BCUT2D eigenvalue weighted by Gasteiger charge is -2.57. The van der Waals surface area contributed by atoms with Crippen molar-refractivity contribution in [3.63, 3.8) is 0 Å². The molecule has 4 heteroatoms. The molecule has 1 aliphatic heterocycles. The number of hydrogen-bond acceptors (Lipinski definition) is 3. The summed E-state index contributed by atoms with van der Waals surface area (Å²) in [6, 6.07) is 0. The Morgan fingerprint density at radius 2 is 1.63 bits per heavy atom. The normalized spacial score (nSPS) is 34.0. The van der Waals surface area contributed by atoms with Crippen LogP contribution >= 0.6 is 0 Å². The van der Waals surface area contributed by atoms with Crippen molar-refractivity contribution in [1.29, 1.82) is 0 Å². The Kier molecular flexibility index (Phi) is 7.12. The Bertz CT molecular complexity index is 583. The van der Waals surface area contributed by atoms with Gasteiger partial charge in [-0.25, -0.2) is 4.79 Å². The van der Waals surface area contributed by atoms with Gasteiger partial charge < -0.3 is 14.6 Å². The number of ether oxygens (including phenoxy) is 2. The Labute approximate surface area is 182 Å². The molecule has 5 rings (SSSR count). The summed E-state index contributed by atoms with van der Waals surface area (Å²) < 4.78 is 11.2. The van der Waals surface area contributed by atoms with Crippen molar-refractivity contribution < 1.29 is 19.4 Å². The molecular formula is C26H42O4. The number of carboxylic acid groups (broad SMARTS) is 1. The molecule has 4 nitrogen and oxygen atoms in total. The smallest absolute Gasteiger partial charge is 0.334 e. The van der Waals surface area contributed by atoms with Crippen LogP contribution in [0.25, 0.3) is 0 Å². The predicted octanol–water partition coefficient (Wildman–Crippen LogP) is 6.35. The highest BCUT2D eigenvalue weighted by atomic mass is 16.5. The molecule has 0 radical (unpaired) electrons. The van der Waals surface area contributed by atoms with Crippen LogP contribution in [0.4, 0.5) is 0 Å². The summed E-state index contributed by atoms with van der Waals surface area (Å²) in [5, 5.41) is 9.74. The molecule has 5 aliphatic rings. The van der Waals surface area contributed by atoms with Gasteiger partial charge >= 0.3 is 5.97 Å². The number of unbranched alkanes of at least 4 members (excludes halogenated alkanes) is 3. The molecule has 1 saturated heterocycles. The van der Waals surface area contributed by atoms with E-state index in [1.807, 2.05) is 0 Å². The van der Waals surface area contributed by atoms with Gasteiger partial charge in [0.15, 0.2) is 0 Å². The molecule has 1 N–H and O–H groups in total. The van der Waals surface area contributed by atoms with Gasteiger partial charge in [-0.05, 0) is 87.4 Å². The van der Waals surface area contributed by atoms with Crippen LogP contribution in [0.5, 0.6) is 0 Å². The van der Waals surface area contributed by atoms with Crippen LogP contribution in [-0.2, 0) is 14.3 Å². The maximum atomic E-state index is 11.9. The third-order valence-corrected chi connectivity index (χ3v) is 8.55. The lowest BCUT2D eigenvalue weighted by molar-refractivity contribution is -0.134. The summed E-state index contributed by atoms with van der Waals surface area (Å²) in [4.78, 5) is 11.9. The molecule has 4 saturated carbocycles. The Balaban J connectivity index is 1.15. The highest BCUT2D eigenvalue weighted by molar-refractivity contribution is 5.86. The van der Waals surface area contributed by atoms with E-state index in [1.54, 1.807) is 6.26 Å². The fourth-order valence-electron chi connectivity index (χ4n) is 7.61. The molecule has 30 heavy (non-hydrogen) atoms. The van der Waals surface area contributed by atoms with Crippen LogP contribution in [0, 0.1) is 28.6 Å². The highest BCUT2D eigenvalue weighted by Gasteiger charge is 2.51. The van der Waals surface area contributed by atoms with Gasteiger partial charge in [-0.15, -0.1) is 0 Å². The Morgan fingerprint density at radius 3 is 2.17 bits per heavy atom. The summed E-state index contributed by atoms with van der Waals surface area (Å²) in [6.45, 7) is 4.81. The van der Waals surface area contributed by atoms with E-state index in [1.165, 1.54) is 70.6 Å². The first kappa shape index (κ1) is 22.2. The molecule has 4 aliphatic carbocycles.